The first kappa shape index (κ1) is 32.1. The van der Waals surface area contributed by atoms with Crippen molar-refractivity contribution in [3.8, 4) is 11.1 Å². The van der Waals surface area contributed by atoms with Gasteiger partial charge in [0.05, 0.1) is 0 Å². The Morgan fingerprint density at radius 2 is 1.09 bits per heavy atom. The van der Waals surface area contributed by atoms with Crippen LogP contribution in [0.15, 0.2) is 121 Å². The topological polar surface area (TPSA) is 0 Å². The molecule has 0 aromatic heterocycles. The Hall–Kier alpha value is -2.90. The van der Waals surface area contributed by atoms with E-state index >= 15 is 0 Å². The molecule has 0 unspecified atom stereocenters. The van der Waals surface area contributed by atoms with Gasteiger partial charge in [-0.3, -0.25) is 0 Å². The first-order valence-corrected chi connectivity index (χ1v) is 35.4. The van der Waals surface area contributed by atoms with Crippen LogP contribution in [0.1, 0.15) is 79.5 Å². The first-order chi connectivity index (χ1) is 20.9. The maximum absolute atomic E-state index is 6.01. The minimum absolute atomic E-state index is 0.0468. The fraction of sp³-hybridized carbons (Fsp3) is 0.341. The van der Waals surface area contributed by atoms with E-state index in [9.17, 15) is 0 Å². The SMILES string of the molecule is [CH2]=[Hf]([CH3])([CH3])([CH2]CCc1ccccc1)([c]1ccccc1)([CH]1C=CC=C1)[CH]1c2cc(C(C)(C)C)ccc2-c2ccc(C(C)(C)C)cc21. The molecular weight excluding hydrogens is 707 g/mol. The molecular formula is C44H54Hf. The molecule has 0 radical (unpaired) electrons. The van der Waals surface area contributed by atoms with E-state index in [-0.39, 0.29) is 18.2 Å². The van der Waals surface area contributed by atoms with Gasteiger partial charge in [-0.2, -0.15) is 0 Å². The van der Waals surface area contributed by atoms with E-state index in [0.717, 1.165) is 17.0 Å². The van der Waals surface area contributed by atoms with Gasteiger partial charge in [-0.15, -0.1) is 0 Å². The van der Waals surface area contributed by atoms with E-state index in [2.05, 4.69) is 172 Å². The fourth-order valence-electron chi connectivity index (χ4n) is 9.80. The number of hydrogen-bond acceptors (Lipinski definition) is 0. The maximum atomic E-state index is 6.01. The summed E-state index contributed by atoms with van der Waals surface area (Å²) in [7, 11) is 0. The summed E-state index contributed by atoms with van der Waals surface area (Å²) in [4.78, 5) is 0. The van der Waals surface area contributed by atoms with Crippen LogP contribution in [0.5, 0.6) is 0 Å². The van der Waals surface area contributed by atoms with Crippen LogP contribution in [-0.2, 0) is 32.3 Å². The molecule has 0 bridgehead atoms. The summed E-state index contributed by atoms with van der Waals surface area (Å²) in [6.45, 7) is 14.1. The Kier molecular flexibility index (Phi) is 6.82. The molecule has 234 valence electrons. The van der Waals surface area contributed by atoms with E-state index in [4.69, 9.17) is 4.26 Å². The molecule has 0 N–H and O–H groups in total. The van der Waals surface area contributed by atoms with Gasteiger partial charge in [0.2, 0.25) is 0 Å². The number of rotatable bonds is 7. The molecule has 0 saturated heterocycles. The van der Waals surface area contributed by atoms with Crippen molar-refractivity contribution in [3.63, 3.8) is 0 Å². The van der Waals surface area contributed by atoms with Gasteiger partial charge in [0.1, 0.15) is 0 Å². The average molecular weight is 761 g/mol. The zero-order valence-corrected chi connectivity index (χ0v) is 32.6. The summed E-state index contributed by atoms with van der Waals surface area (Å²) in [5.74, 6) is 0. The summed E-state index contributed by atoms with van der Waals surface area (Å²) in [6, 6.07) is 37.5. The van der Waals surface area contributed by atoms with Crippen LogP contribution in [0.25, 0.3) is 11.1 Å². The van der Waals surface area contributed by atoms with Gasteiger partial charge < -0.3 is 0 Å². The zero-order chi connectivity index (χ0) is 32.4. The third kappa shape index (κ3) is 4.66. The number of hydrogen-bond donors (Lipinski definition) is 0. The van der Waals surface area contributed by atoms with Crippen molar-refractivity contribution in [2.24, 2.45) is 0 Å². The van der Waals surface area contributed by atoms with Crippen LogP contribution in [0, 0.1) is 0 Å². The summed E-state index contributed by atoms with van der Waals surface area (Å²) in [6.07, 6.45) is 11.8. The predicted molar refractivity (Wildman–Crippen MR) is 198 cm³/mol. The minimum atomic E-state index is -5.81. The molecule has 0 spiro atoms. The number of aryl methyl sites for hydroxylation is 1. The monoisotopic (exact) mass is 762 g/mol. The van der Waals surface area contributed by atoms with Gasteiger partial charge in [-0.1, -0.05) is 0 Å². The van der Waals surface area contributed by atoms with E-state index in [1.54, 1.807) is 0 Å². The van der Waals surface area contributed by atoms with Crippen LogP contribution in [0.3, 0.4) is 0 Å². The summed E-state index contributed by atoms with van der Waals surface area (Å²) in [5.41, 5.74) is 10.1. The second-order valence-electron chi connectivity index (χ2n) is 19.0. The molecule has 0 aliphatic heterocycles. The van der Waals surface area contributed by atoms with Crippen molar-refractivity contribution in [1.29, 1.82) is 0 Å². The van der Waals surface area contributed by atoms with Crippen molar-refractivity contribution in [2.75, 3.05) is 0 Å². The van der Waals surface area contributed by atoms with Crippen LogP contribution >= 0.6 is 0 Å². The molecule has 0 nitrogen and oxygen atoms in total. The predicted octanol–water partition coefficient (Wildman–Crippen LogP) is 11.9. The fourth-order valence-corrected chi connectivity index (χ4v) is 48.1. The molecule has 0 saturated carbocycles. The van der Waals surface area contributed by atoms with Gasteiger partial charge >= 0.3 is 269 Å². The second kappa shape index (κ2) is 9.57. The van der Waals surface area contributed by atoms with Crippen LogP contribution < -0.4 is 3.32 Å². The van der Waals surface area contributed by atoms with E-state index in [1.165, 1.54) is 42.3 Å². The zero-order valence-electron chi connectivity index (χ0n) is 29.0. The standard InChI is InChI=1S/C21H25.C9H11.C6H5.C5H5.2CH3.CH2.Hf/c1-20(2,3)16-7-9-18-14(12-16)11-15-13-17(21(4,5)6)8-10-19(15)18;1-2-6-9-7-4-3-5-8-9;1-2-4-6-5-3-1;1-2-4-5-3-1;;;;/h7-13H,1-6H3;3-5,7-8H,1-2,6H2;1-5H;1-5H;2*1H3;1H2;. The average Bonchev–Trinajstić information content (AvgIpc) is 3.66. The Bertz CT molecular complexity index is 1890. The summed E-state index contributed by atoms with van der Waals surface area (Å²) < 4.78 is 14.5. The van der Waals surface area contributed by atoms with Gasteiger partial charge in [0, 0.05) is 0 Å². The molecule has 0 heterocycles. The Morgan fingerprint density at radius 3 is 1.56 bits per heavy atom. The molecule has 4 aromatic rings. The van der Waals surface area contributed by atoms with Crippen molar-refractivity contribution in [3.05, 3.63) is 149 Å². The molecule has 0 atom stereocenters. The Labute approximate surface area is 267 Å². The molecule has 2 aliphatic rings. The van der Waals surface area contributed by atoms with E-state index < -0.39 is 15.1 Å². The van der Waals surface area contributed by atoms with Crippen molar-refractivity contribution in [1.82, 2.24) is 0 Å². The van der Waals surface area contributed by atoms with Gasteiger partial charge in [0.25, 0.3) is 0 Å². The number of allylic oxidation sites excluding steroid dienone is 4. The molecule has 0 fully saturated rings. The number of fused-ring (bicyclic) bond motifs is 3. The molecule has 4 aromatic carbocycles. The quantitative estimate of drug-likeness (QED) is 0.165. The Morgan fingerprint density at radius 1 is 0.622 bits per heavy atom. The molecule has 1 heteroatoms. The van der Waals surface area contributed by atoms with E-state index in [0.29, 0.717) is 0 Å². The third-order valence-electron chi connectivity index (χ3n) is 13.0. The summed E-state index contributed by atoms with van der Waals surface area (Å²) >= 11 is -5.81. The Balaban J connectivity index is 1.77. The third-order valence-corrected chi connectivity index (χ3v) is 56.4. The van der Waals surface area contributed by atoms with Gasteiger partial charge in [0.15, 0.2) is 0 Å². The second-order valence-corrected chi connectivity index (χ2v) is 66.4. The van der Waals surface area contributed by atoms with E-state index in [1.807, 2.05) is 0 Å². The first-order valence-electron chi connectivity index (χ1n) is 17.2. The van der Waals surface area contributed by atoms with Crippen molar-refractivity contribution >= 4 is 7.58 Å². The van der Waals surface area contributed by atoms with Crippen LogP contribution in [0.2, 0.25) is 17.2 Å². The van der Waals surface area contributed by atoms with Crippen molar-refractivity contribution < 1.29 is 15.1 Å². The summed E-state index contributed by atoms with van der Waals surface area (Å²) in [5, 5.41) is 0. The molecule has 45 heavy (non-hydrogen) atoms. The number of benzene rings is 4. The van der Waals surface area contributed by atoms with Crippen LogP contribution in [0.4, 0.5) is 0 Å². The van der Waals surface area contributed by atoms with Crippen LogP contribution in [-0.4, -0.2) is 4.26 Å². The molecule has 2 aliphatic carbocycles. The molecule has 6 rings (SSSR count). The normalized spacial score (nSPS) is 17.7. The molecule has 0 amide bonds. The van der Waals surface area contributed by atoms with Gasteiger partial charge in [-0.05, 0) is 0 Å². The van der Waals surface area contributed by atoms with Crippen molar-refractivity contribution in [2.45, 2.75) is 86.1 Å². The van der Waals surface area contributed by atoms with Gasteiger partial charge in [-0.25, -0.2) is 0 Å².